The Morgan fingerprint density at radius 3 is 2.31 bits per heavy atom. The van der Waals surface area contributed by atoms with E-state index in [0.717, 1.165) is 0 Å². The quantitative estimate of drug-likeness (QED) is 0.826. The molecule has 0 fully saturated rings. The van der Waals surface area contributed by atoms with Crippen molar-refractivity contribution in [2.24, 2.45) is 11.1 Å². The van der Waals surface area contributed by atoms with Gasteiger partial charge in [-0.1, -0.05) is 39.0 Å². The van der Waals surface area contributed by atoms with Gasteiger partial charge in [0.1, 0.15) is 5.82 Å². The Hall–Kier alpha value is -0.930. The predicted octanol–water partition coefficient (Wildman–Crippen LogP) is 2.41. The summed E-state index contributed by atoms with van der Waals surface area (Å²) >= 11 is 0. The highest BCUT2D eigenvalue weighted by atomic mass is 19.1. The topological polar surface area (TPSA) is 46.2 Å². The lowest BCUT2D eigenvalue weighted by Crippen LogP contribution is -2.46. The molecule has 2 nitrogen and oxygen atoms in total. The molecule has 0 aromatic heterocycles. The number of nitrogens with two attached hydrogens (primary N) is 1. The van der Waals surface area contributed by atoms with Crippen LogP contribution in [0.15, 0.2) is 24.3 Å². The first kappa shape index (κ1) is 13.1. The third kappa shape index (κ3) is 1.97. The van der Waals surface area contributed by atoms with E-state index >= 15 is 0 Å². The molecule has 1 rings (SSSR count). The van der Waals surface area contributed by atoms with Crippen LogP contribution in [-0.2, 0) is 5.60 Å². The van der Waals surface area contributed by atoms with E-state index in [0.29, 0.717) is 18.5 Å². The molecular weight excluding hydrogens is 205 g/mol. The molecule has 0 aliphatic carbocycles. The molecule has 0 aliphatic rings. The first-order valence-electron chi connectivity index (χ1n) is 5.56. The van der Waals surface area contributed by atoms with Crippen LogP contribution in [0.5, 0.6) is 0 Å². The number of benzene rings is 1. The van der Waals surface area contributed by atoms with Gasteiger partial charge in [-0.15, -0.1) is 0 Å². The maximum absolute atomic E-state index is 13.7. The van der Waals surface area contributed by atoms with Crippen molar-refractivity contribution in [1.82, 2.24) is 0 Å². The highest BCUT2D eigenvalue weighted by Crippen LogP contribution is 2.42. The van der Waals surface area contributed by atoms with Crippen LogP contribution in [-0.4, -0.2) is 11.7 Å². The van der Waals surface area contributed by atoms with Gasteiger partial charge in [-0.3, -0.25) is 0 Å². The van der Waals surface area contributed by atoms with Crippen LogP contribution in [0.4, 0.5) is 4.39 Å². The molecule has 16 heavy (non-hydrogen) atoms. The number of halogens is 1. The lowest BCUT2D eigenvalue weighted by Gasteiger charge is -2.42. The fraction of sp³-hybridized carbons (Fsp3) is 0.538. The van der Waals surface area contributed by atoms with Gasteiger partial charge in [0.05, 0.1) is 5.60 Å². The highest BCUT2D eigenvalue weighted by molar-refractivity contribution is 5.26. The van der Waals surface area contributed by atoms with Crippen LogP contribution in [0.25, 0.3) is 0 Å². The first-order chi connectivity index (χ1) is 7.39. The van der Waals surface area contributed by atoms with E-state index in [2.05, 4.69) is 0 Å². The number of hydrogen-bond donors (Lipinski definition) is 2. The summed E-state index contributed by atoms with van der Waals surface area (Å²) in [5, 5.41) is 10.7. The largest absolute Gasteiger partial charge is 0.384 e. The molecular formula is C13H20FNO. The van der Waals surface area contributed by atoms with Crippen LogP contribution in [0.2, 0.25) is 0 Å². The van der Waals surface area contributed by atoms with Crippen LogP contribution >= 0.6 is 0 Å². The van der Waals surface area contributed by atoms with Gasteiger partial charge < -0.3 is 10.8 Å². The maximum atomic E-state index is 13.7. The van der Waals surface area contributed by atoms with Crippen LogP contribution in [0.1, 0.15) is 32.8 Å². The van der Waals surface area contributed by atoms with Crippen molar-refractivity contribution < 1.29 is 9.50 Å². The third-order valence-corrected chi connectivity index (χ3v) is 3.46. The van der Waals surface area contributed by atoms with Crippen molar-refractivity contribution in [3.05, 3.63) is 35.6 Å². The van der Waals surface area contributed by atoms with Crippen molar-refractivity contribution in [2.45, 2.75) is 32.8 Å². The van der Waals surface area contributed by atoms with Gasteiger partial charge in [-0.2, -0.15) is 0 Å². The molecule has 3 N–H and O–H groups in total. The minimum atomic E-state index is -1.23. The fourth-order valence-corrected chi connectivity index (χ4v) is 2.00. The van der Waals surface area contributed by atoms with E-state index < -0.39 is 11.0 Å². The second kappa shape index (κ2) is 4.52. The number of rotatable bonds is 4. The van der Waals surface area contributed by atoms with Crippen molar-refractivity contribution >= 4 is 0 Å². The molecule has 1 aromatic rings. The molecule has 0 radical (unpaired) electrons. The molecule has 3 heteroatoms. The Balaban J connectivity index is 3.31. The third-order valence-electron chi connectivity index (χ3n) is 3.46. The van der Waals surface area contributed by atoms with Crippen molar-refractivity contribution in [2.75, 3.05) is 6.54 Å². The Morgan fingerprint density at radius 2 is 1.88 bits per heavy atom. The van der Waals surface area contributed by atoms with Gasteiger partial charge in [0.2, 0.25) is 0 Å². The molecule has 0 saturated carbocycles. The summed E-state index contributed by atoms with van der Waals surface area (Å²) in [6.45, 7) is 5.83. The zero-order valence-corrected chi connectivity index (χ0v) is 10.1. The van der Waals surface area contributed by atoms with Gasteiger partial charge in [-0.05, 0) is 12.5 Å². The van der Waals surface area contributed by atoms with E-state index in [4.69, 9.17) is 5.73 Å². The summed E-state index contributed by atoms with van der Waals surface area (Å²) in [7, 11) is 0. The average Bonchev–Trinajstić information content (AvgIpc) is 2.28. The summed E-state index contributed by atoms with van der Waals surface area (Å²) in [5.41, 5.74) is 4.21. The molecule has 0 spiro atoms. The minimum Gasteiger partial charge on any atom is -0.384 e. The second-order valence-corrected chi connectivity index (χ2v) is 4.78. The van der Waals surface area contributed by atoms with Crippen molar-refractivity contribution in [1.29, 1.82) is 0 Å². The highest BCUT2D eigenvalue weighted by Gasteiger charge is 2.43. The SMILES string of the molecule is CCC(O)(c1ccccc1F)C(C)(C)CN. The van der Waals surface area contributed by atoms with Gasteiger partial charge in [0, 0.05) is 17.5 Å². The van der Waals surface area contributed by atoms with Crippen LogP contribution in [0.3, 0.4) is 0 Å². The predicted molar refractivity (Wildman–Crippen MR) is 63.4 cm³/mol. The molecule has 90 valence electrons. The normalized spacial score (nSPS) is 15.9. The number of hydrogen-bond acceptors (Lipinski definition) is 2. The van der Waals surface area contributed by atoms with E-state index in [1.807, 2.05) is 20.8 Å². The monoisotopic (exact) mass is 225 g/mol. The van der Waals surface area contributed by atoms with Gasteiger partial charge >= 0.3 is 0 Å². The molecule has 0 saturated heterocycles. The number of aliphatic hydroxyl groups is 1. The van der Waals surface area contributed by atoms with Crippen LogP contribution in [0, 0.1) is 11.2 Å². The van der Waals surface area contributed by atoms with E-state index in [9.17, 15) is 9.50 Å². The Kier molecular flexibility index (Phi) is 3.71. The smallest absolute Gasteiger partial charge is 0.129 e. The van der Waals surface area contributed by atoms with Crippen LogP contribution < -0.4 is 5.73 Å². The molecule has 0 bridgehead atoms. The first-order valence-corrected chi connectivity index (χ1v) is 5.56. The van der Waals surface area contributed by atoms with Gasteiger partial charge in [-0.25, -0.2) is 4.39 Å². The van der Waals surface area contributed by atoms with Gasteiger partial charge in [0.15, 0.2) is 0 Å². The Bertz CT molecular complexity index is 365. The Labute approximate surface area is 96.3 Å². The molecule has 1 aromatic carbocycles. The second-order valence-electron chi connectivity index (χ2n) is 4.78. The summed E-state index contributed by atoms with van der Waals surface area (Å²) in [6.07, 6.45) is 0.429. The zero-order chi connectivity index (χ0) is 12.4. The fourth-order valence-electron chi connectivity index (χ4n) is 2.00. The van der Waals surface area contributed by atoms with Crippen molar-refractivity contribution in [3.8, 4) is 0 Å². The van der Waals surface area contributed by atoms with E-state index in [1.165, 1.54) is 6.07 Å². The van der Waals surface area contributed by atoms with E-state index in [-0.39, 0.29) is 5.82 Å². The molecule has 0 heterocycles. The van der Waals surface area contributed by atoms with Gasteiger partial charge in [0.25, 0.3) is 0 Å². The van der Waals surface area contributed by atoms with E-state index in [1.54, 1.807) is 18.2 Å². The van der Waals surface area contributed by atoms with Crippen molar-refractivity contribution in [3.63, 3.8) is 0 Å². The zero-order valence-electron chi connectivity index (χ0n) is 10.1. The summed E-state index contributed by atoms with van der Waals surface area (Å²) in [5.74, 6) is -0.381. The molecule has 0 amide bonds. The average molecular weight is 225 g/mol. The maximum Gasteiger partial charge on any atom is 0.129 e. The summed E-state index contributed by atoms with van der Waals surface area (Å²) in [4.78, 5) is 0. The molecule has 0 aliphatic heterocycles. The lowest BCUT2D eigenvalue weighted by molar-refractivity contribution is -0.0746. The summed E-state index contributed by atoms with van der Waals surface area (Å²) < 4.78 is 13.7. The standard InChI is InChI=1S/C13H20FNO/c1-4-13(16,12(2,3)9-15)10-7-5-6-8-11(10)14/h5-8,16H,4,9,15H2,1-3H3. The minimum absolute atomic E-state index is 0.297. The molecule has 1 unspecified atom stereocenters. The lowest BCUT2D eigenvalue weighted by atomic mass is 9.69. The molecule has 1 atom stereocenters. The summed E-state index contributed by atoms with van der Waals surface area (Å²) in [6, 6.07) is 6.33. The Morgan fingerprint density at radius 1 is 1.31 bits per heavy atom.